The molecule has 0 bridgehead atoms. The van der Waals surface area contributed by atoms with Gasteiger partial charge in [0.2, 0.25) is 0 Å². The van der Waals surface area contributed by atoms with Crippen LogP contribution in [0.4, 0.5) is 5.82 Å². The summed E-state index contributed by atoms with van der Waals surface area (Å²) >= 11 is 5.88. The van der Waals surface area contributed by atoms with Crippen molar-refractivity contribution in [2.45, 2.75) is 12.6 Å². The number of fused-ring (bicyclic) bond motifs is 1. The van der Waals surface area contributed by atoms with Crippen LogP contribution in [0.3, 0.4) is 0 Å². The smallest absolute Gasteiger partial charge is 0.169 e. The highest BCUT2D eigenvalue weighted by Crippen LogP contribution is 2.23. The van der Waals surface area contributed by atoms with Gasteiger partial charge in [0.1, 0.15) is 6.17 Å². The Kier molecular flexibility index (Phi) is 2.49. The molecule has 1 aromatic carbocycles. The van der Waals surface area contributed by atoms with Gasteiger partial charge < -0.3 is 5.73 Å². The highest BCUT2D eigenvalue weighted by Gasteiger charge is 2.24. The average molecular weight is 250 g/mol. The summed E-state index contributed by atoms with van der Waals surface area (Å²) in [7, 11) is 0. The standard InChI is InChI=1S/C11H12ClN5/c12-8-3-1-7(2-4-8)11-14-6-5-9-10(13)15-16-17(9)11/h1-4,11,14H,5-6,13H2. The largest absolute Gasteiger partial charge is 0.381 e. The van der Waals surface area contributed by atoms with E-state index in [4.69, 9.17) is 17.3 Å². The number of nitrogens with one attached hydrogen (secondary N) is 1. The van der Waals surface area contributed by atoms with E-state index in [9.17, 15) is 0 Å². The van der Waals surface area contributed by atoms with Crippen molar-refractivity contribution in [1.82, 2.24) is 20.3 Å². The van der Waals surface area contributed by atoms with Crippen molar-refractivity contribution in [3.63, 3.8) is 0 Å². The summed E-state index contributed by atoms with van der Waals surface area (Å²) in [5.41, 5.74) is 7.87. The molecule has 0 fully saturated rings. The first-order chi connectivity index (χ1) is 8.25. The number of nitrogen functional groups attached to an aromatic ring is 1. The van der Waals surface area contributed by atoms with E-state index in [1.807, 2.05) is 28.9 Å². The normalized spacial score (nSPS) is 19.0. The van der Waals surface area contributed by atoms with Crippen LogP contribution in [0.1, 0.15) is 17.4 Å². The molecule has 0 saturated carbocycles. The minimum absolute atomic E-state index is 0.0131. The van der Waals surface area contributed by atoms with Crippen molar-refractivity contribution in [1.29, 1.82) is 0 Å². The maximum atomic E-state index is 5.88. The zero-order chi connectivity index (χ0) is 11.8. The van der Waals surface area contributed by atoms with Gasteiger partial charge >= 0.3 is 0 Å². The molecule has 1 aromatic heterocycles. The molecule has 17 heavy (non-hydrogen) atoms. The maximum absolute atomic E-state index is 5.88. The molecule has 3 N–H and O–H groups in total. The molecular formula is C11H12ClN5. The van der Waals surface area contributed by atoms with E-state index in [-0.39, 0.29) is 6.17 Å². The maximum Gasteiger partial charge on any atom is 0.169 e. The molecule has 2 aromatic rings. The lowest BCUT2D eigenvalue weighted by atomic mass is 10.1. The summed E-state index contributed by atoms with van der Waals surface area (Å²) in [5.74, 6) is 0.519. The Balaban J connectivity index is 2.02. The summed E-state index contributed by atoms with van der Waals surface area (Å²) in [6, 6.07) is 7.69. The molecule has 0 spiro atoms. The summed E-state index contributed by atoms with van der Waals surface area (Å²) < 4.78 is 1.84. The predicted molar refractivity (Wildman–Crippen MR) is 65.7 cm³/mol. The Morgan fingerprint density at radius 1 is 1.35 bits per heavy atom. The highest BCUT2D eigenvalue weighted by molar-refractivity contribution is 6.30. The second-order valence-electron chi connectivity index (χ2n) is 4.02. The number of hydrogen-bond donors (Lipinski definition) is 2. The fraction of sp³-hybridized carbons (Fsp3) is 0.273. The number of hydrogen-bond acceptors (Lipinski definition) is 4. The second kappa shape index (κ2) is 4.01. The quantitative estimate of drug-likeness (QED) is 0.797. The summed E-state index contributed by atoms with van der Waals surface area (Å²) in [6.45, 7) is 0.866. The molecule has 1 unspecified atom stereocenters. The Bertz CT molecular complexity index is 533. The molecule has 1 aliphatic heterocycles. The van der Waals surface area contributed by atoms with Crippen LogP contribution < -0.4 is 11.1 Å². The van der Waals surface area contributed by atoms with Crippen LogP contribution in [-0.2, 0) is 6.42 Å². The topological polar surface area (TPSA) is 68.8 Å². The van der Waals surface area contributed by atoms with Crippen LogP contribution in [0.2, 0.25) is 5.02 Å². The molecule has 2 heterocycles. The lowest BCUT2D eigenvalue weighted by Crippen LogP contribution is -2.36. The molecule has 0 saturated heterocycles. The van der Waals surface area contributed by atoms with Gasteiger partial charge in [-0.3, -0.25) is 5.32 Å². The van der Waals surface area contributed by atoms with E-state index < -0.39 is 0 Å². The van der Waals surface area contributed by atoms with Crippen LogP contribution in [0.5, 0.6) is 0 Å². The van der Waals surface area contributed by atoms with Gasteiger partial charge in [0.05, 0.1) is 5.69 Å². The van der Waals surface area contributed by atoms with E-state index in [1.165, 1.54) is 0 Å². The molecule has 6 heteroatoms. The second-order valence-corrected chi connectivity index (χ2v) is 4.46. The van der Waals surface area contributed by atoms with Gasteiger partial charge in [-0.2, -0.15) is 0 Å². The number of nitrogens with two attached hydrogens (primary N) is 1. The van der Waals surface area contributed by atoms with E-state index in [2.05, 4.69) is 15.6 Å². The molecule has 3 rings (SSSR count). The van der Waals surface area contributed by atoms with Crippen molar-refractivity contribution >= 4 is 17.4 Å². The molecular weight excluding hydrogens is 238 g/mol. The van der Waals surface area contributed by atoms with Crippen molar-refractivity contribution in [3.8, 4) is 0 Å². The molecule has 88 valence electrons. The first kappa shape index (κ1) is 10.6. The van der Waals surface area contributed by atoms with E-state index >= 15 is 0 Å². The molecule has 0 amide bonds. The first-order valence-electron chi connectivity index (χ1n) is 5.44. The number of aromatic nitrogens is 3. The van der Waals surface area contributed by atoms with Crippen LogP contribution in [0.15, 0.2) is 24.3 Å². The molecule has 0 radical (unpaired) electrons. The third-order valence-electron chi connectivity index (χ3n) is 2.95. The van der Waals surface area contributed by atoms with Gasteiger partial charge in [-0.15, -0.1) is 5.10 Å². The Hall–Kier alpha value is -1.59. The molecule has 0 aliphatic carbocycles. The predicted octanol–water partition coefficient (Wildman–Crippen LogP) is 1.21. The molecule has 1 aliphatic rings. The van der Waals surface area contributed by atoms with Gasteiger partial charge in [-0.1, -0.05) is 28.9 Å². The monoisotopic (exact) mass is 249 g/mol. The third-order valence-corrected chi connectivity index (χ3v) is 3.20. The average Bonchev–Trinajstić information content (AvgIpc) is 2.73. The van der Waals surface area contributed by atoms with Crippen molar-refractivity contribution in [3.05, 3.63) is 40.5 Å². The lowest BCUT2D eigenvalue weighted by molar-refractivity contribution is 0.375. The molecule has 1 atom stereocenters. The number of anilines is 1. The summed E-state index contributed by atoms with van der Waals surface area (Å²) in [6.07, 6.45) is 0.837. The van der Waals surface area contributed by atoms with Gasteiger partial charge in [0.15, 0.2) is 5.82 Å². The number of benzene rings is 1. The Labute approximate surface area is 104 Å². The van der Waals surface area contributed by atoms with E-state index in [0.717, 1.165) is 29.2 Å². The number of halogens is 1. The van der Waals surface area contributed by atoms with Gasteiger partial charge in [-0.05, 0) is 17.7 Å². The fourth-order valence-corrected chi connectivity index (χ4v) is 2.22. The highest BCUT2D eigenvalue weighted by atomic mass is 35.5. The van der Waals surface area contributed by atoms with Crippen molar-refractivity contribution in [2.24, 2.45) is 0 Å². The van der Waals surface area contributed by atoms with E-state index in [1.54, 1.807) is 0 Å². The van der Waals surface area contributed by atoms with Crippen molar-refractivity contribution in [2.75, 3.05) is 12.3 Å². The molecule has 5 nitrogen and oxygen atoms in total. The minimum Gasteiger partial charge on any atom is -0.381 e. The SMILES string of the molecule is Nc1nnn2c1CCNC2c1ccc(Cl)cc1. The van der Waals surface area contributed by atoms with Gasteiger partial charge in [-0.25, -0.2) is 4.68 Å². The van der Waals surface area contributed by atoms with Crippen LogP contribution in [0, 0.1) is 0 Å². The zero-order valence-corrected chi connectivity index (χ0v) is 9.85. The Morgan fingerprint density at radius 2 is 2.12 bits per heavy atom. The fourth-order valence-electron chi connectivity index (χ4n) is 2.09. The zero-order valence-electron chi connectivity index (χ0n) is 9.10. The number of nitrogens with zero attached hydrogens (tertiary/aromatic N) is 3. The lowest BCUT2D eigenvalue weighted by Gasteiger charge is -2.25. The van der Waals surface area contributed by atoms with Gasteiger partial charge in [0, 0.05) is 18.0 Å². The van der Waals surface area contributed by atoms with Crippen LogP contribution >= 0.6 is 11.6 Å². The first-order valence-corrected chi connectivity index (χ1v) is 5.82. The van der Waals surface area contributed by atoms with Crippen molar-refractivity contribution < 1.29 is 0 Å². The number of rotatable bonds is 1. The third kappa shape index (κ3) is 1.77. The minimum atomic E-state index is -0.0131. The van der Waals surface area contributed by atoms with Gasteiger partial charge in [0.25, 0.3) is 0 Å². The van der Waals surface area contributed by atoms with Crippen LogP contribution in [-0.4, -0.2) is 21.5 Å². The summed E-state index contributed by atoms with van der Waals surface area (Å²) in [4.78, 5) is 0. The summed E-state index contributed by atoms with van der Waals surface area (Å²) in [5, 5.41) is 12.1. The van der Waals surface area contributed by atoms with E-state index in [0.29, 0.717) is 5.82 Å². The Morgan fingerprint density at radius 3 is 2.88 bits per heavy atom. The van der Waals surface area contributed by atoms with Crippen LogP contribution in [0.25, 0.3) is 0 Å².